The van der Waals surface area contributed by atoms with Gasteiger partial charge >= 0.3 is 5.97 Å². The fourth-order valence-corrected chi connectivity index (χ4v) is 4.18. The average Bonchev–Trinajstić information content (AvgIpc) is 2.92. The Morgan fingerprint density at radius 3 is 2.11 bits per heavy atom. The molecule has 0 aliphatic heterocycles. The first-order valence-electron chi connectivity index (χ1n) is 11.1. The molecule has 38 heavy (non-hydrogen) atoms. The first-order valence-corrected chi connectivity index (χ1v) is 13.0. The van der Waals surface area contributed by atoms with Crippen molar-refractivity contribution in [1.29, 1.82) is 0 Å². The normalized spacial score (nSPS) is 10.8. The second kappa shape index (κ2) is 12.8. The van der Waals surface area contributed by atoms with Crippen molar-refractivity contribution in [3.8, 4) is 0 Å². The van der Waals surface area contributed by atoms with Gasteiger partial charge in [0, 0.05) is 23.3 Å². The fourth-order valence-electron chi connectivity index (χ4n) is 3.08. The Morgan fingerprint density at radius 2 is 1.50 bits per heavy atom. The number of amides is 3. The van der Waals surface area contributed by atoms with E-state index in [1.54, 1.807) is 12.1 Å². The van der Waals surface area contributed by atoms with E-state index in [1.807, 2.05) is 16.9 Å². The minimum atomic E-state index is -4.25. The zero-order valence-electron chi connectivity index (χ0n) is 20.1. The minimum absolute atomic E-state index is 0.0876. The molecule has 0 aliphatic rings. The molecule has 1 heterocycles. The van der Waals surface area contributed by atoms with Gasteiger partial charge in [-0.15, -0.1) is 0 Å². The van der Waals surface area contributed by atoms with Gasteiger partial charge in [0.1, 0.15) is 12.2 Å². The quantitative estimate of drug-likeness (QED) is 0.317. The molecule has 0 fully saturated rings. The minimum Gasteiger partial charge on any atom is -0.468 e. The Kier molecular flexibility index (Phi) is 9.52. The van der Waals surface area contributed by atoms with Gasteiger partial charge in [-0.1, -0.05) is 23.7 Å². The van der Waals surface area contributed by atoms with Gasteiger partial charge in [-0.25, -0.2) is 13.1 Å². The molecule has 0 bridgehead atoms. The van der Waals surface area contributed by atoms with Crippen molar-refractivity contribution in [2.45, 2.75) is 11.3 Å². The molecule has 0 atom stereocenters. The number of ether oxygens (including phenoxy) is 1. The number of carbonyl (C=O) groups excluding carboxylic acids is 4. The third kappa shape index (κ3) is 7.85. The van der Waals surface area contributed by atoms with Crippen LogP contribution in [0.3, 0.4) is 0 Å². The van der Waals surface area contributed by atoms with Crippen LogP contribution in [0.1, 0.15) is 36.8 Å². The molecule has 0 radical (unpaired) electrons. The topological polar surface area (TPSA) is 161 Å². The van der Waals surface area contributed by atoms with Crippen LogP contribution in [0.4, 0.5) is 0 Å². The predicted octanol–water partition coefficient (Wildman–Crippen LogP) is 1.73. The number of methoxy groups -OCH3 is 1. The zero-order valence-corrected chi connectivity index (χ0v) is 21.6. The summed E-state index contributed by atoms with van der Waals surface area (Å²) in [5.41, 5.74) is 1.04. The highest BCUT2D eigenvalue weighted by molar-refractivity contribution is 7.90. The van der Waals surface area contributed by atoms with Crippen LogP contribution in [0.2, 0.25) is 5.02 Å². The second-order valence-electron chi connectivity index (χ2n) is 7.78. The van der Waals surface area contributed by atoms with E-state index in [-0.39, 0.29) is 34.2 Å². The van der Waals surface area contributed by atoms with E-state index in [4.69, 9.17) is 11.6 Å². The number of nitrogens with one attached hydrogen (secondary N) is 3. The molecule has 0 saturated carbocycles. The Labute approximate surface area is 223 Å². The van der Waals surface area contributed by atoms with Crippen molar-refractivity contribution >= 4 is 45.3 Å². The number of esters is 1. The summed E-state index contributed by atoms with van der Waals surface area (Å²) in [5.74, 6) is -2.68. The lowest BCUT2D eigenvalue weighted by Crippen LogP contribution is -2.32. The molecular weight excluding hydrogens is 536 g/mol. The summed E-state index contributed by atoms with van der Waals surface area (Å²) in [6.07, 6.45) is 1.62. The summed E-state index contributed by atoms with van der Waals surface area (Å²) in [7, 11) is -3.08. The van der Waals surface area contributed by atoms with Crippen LogP contribution in [0, 0.1) is 0 Å². The summed E-state index contributed by atoms with van der Waals surface area (Å²) < 4.78 is 31.6. The largest absolute Gasteiger partial charge is 0.468 e. The number of carbonyl (C=O) groups is 4. The molecule has 3 aromatic rings. The van der Waals surface area contributed by atoms with E-state index >= 15 is 0 Å². The predicted molar refractivity (Wildman–Crippen MR) is 137 cm³/mol. The molecule has 0 unspecified atom stereocenters. The molecule has 3 N–H and O–H groups in total. The van der Waals surface area contributed by atoms with Crippen LogP contribution in [-0.4, -0.2) is 57.3 Å². The summed E-state index contributed by atoms with van der Waals surface area (Å²) in [6, 6.07) is 14.7. The molecule has 0 aliphatic carbocycles. The SMILES string of the molecule is COC(=O)CNC(=O)c1ccc(C(=O)NS(=O)(=O)c2ccc(C(=O)NCCc3ccc(Cl)cc3)cc2)cn1. The summed E-state index contributed by atoms with van der Waals surface area (Å²) >= 11 is 5.85. The maximum atomic E-state index is 12.6. The van der Waals surface area contributed by atoms with Gasteiger partial charge in [0.2, 0.25) is 0 Å². The van der Waals surface area contributed by atoms with E-state index in [9.17, 15) is 27.6 Å². The highest BCUT2D eigenvalue weighted by atomic mass is 35.5. The van der Waals surface area contributed by atoms with Gasteiger partial charge in [-0.05, 0) is 60.5 Å². The fraction of sp³-hybridized carbons (Fsp3) is 0.160. The molecule has 1 aromatic heterocycles. The maximum absolute atomic E-state index is 12.6. The number of halogens is 1. The average molecular weight is 559 g/mol. The number of nitrogens with zero attached hydrogens (tertiary/aromatic N) is 1. The number of rotatable bonds is 10. The van der Waals surface area contributed by atoms with Gasteiger partial charge < -0.3 is 15.4 Å². The monoisotopic (exact) mass is 558 g/mol. The van der Waals surface area contributed by atoms with Crippen LogP contribution in [0.5, 0.6) is 0 Å². The van der Waals surface area contributed by atoms with Crippen molar-refractivity contribution in [3.63, 3.8) is 0 Å². The van der Waals surface area contributed by atoms with Gasteiger partial charge in [-0.3, -0.25) is 24.2 Å². The van der Waals surface area contributed by atoms with Crippen molar-refractivity contribution in [2.75, 3.05) is 20.2 Å². The number of sulfonamides is 1. The molecular formula is C25H23ClN4O7S. The van der Waals surface area contributed by atoms with Crippen LogP contribution in [-0.2, 0) is 26.0 Å². The lowest BCUT2D eigenvalue weighted by molar-refractivity contribution is -0.139. The van der Waals surface area contributed by atoms with Crippen LogP contribution < -0.4 is 15.4 Å². The lowest BCUT2D eigenvalue weighted by Gasteiger charge is -2.09. The van der Waals surface area contributed by atoms with Crippen molar-refractivity contribution in [2.24, 2.45) is 0 Å². The van der Waals surface area contributed by atoms with Gasteiger partial charge in [0.25, 0.3) is 27.7 Å². The van der Waals surface area contributed by atoms with E-state index in [1.165, 1.54) is 43.5 Å². The molecule has 11 nitrogen and oxygen atoms in total. The Bertz CT molecular complexity index is 1430. The molecule has 3 amide bonds. The van der Waals surface area contributed by atoms with Crippen molar-refractivity contribution in [3.05, 3.63) is 94.3 Å². The number of hydrogen-bond donors (Lipinski definition) is 3. The van der Waals surface area contributed by atoms with Crippen LogP contribution in [0.25, 0.3) is 0 Å². The van der Waals surface area contributed by atoms with E-state index in [0.29, 0.717) is 18.0 Å². The van der Waals surface area contributed by atoms with E-state index in [2.05, 4.69) is 20.4 Å². The Balaban J connectivity index is 1.55. The van der Waals surface area contributed by atoms with Gasteiger partial charge in [-0.2, -0.15) is 0 Å². The van der Waals surface area contributed by atoms with Crippen LogP contribution >= 0.6 is 11.6 Å². The summed E-state index contributed by atoms with van der Waals surface area (Å²) in [6.45, 7) is 0.0116. The number of benzene rings is 2. The maximum Gasteiger partial charge on any atom is 0.325 e. The summed E-state index contributed by atoms with van der Waals surface area (Å²) in [4.78, 5) is 51.5. The van der Waals surface area contributed by atoms with Gasteiger partial charge in [0.05, 0.1) is 17.6 Å². The van der Waals surface area contributed by atoms with Crippen molar-refractivity contribution in [1.82, 2.24) is 20.3 Å². The third-order valence-corrected chi connectivity index (χ3v) is 6.74. The lowest BCUT2D eigenvalue weighted by atomic mass is 10.1. The van der Waals surface area contributed by atoms with Crippen molar-refractivity contribution < 1.29 is 32.3 Å². The zero-order chi connectivity index (χ0) is 27.7. The Morgan fingerprint density at radius 1 is 0.842 bits per heavy atom. The highest BCUT2D eigenvalue weighted by Crippen LogP contribution is 2.13. The Hall–Kier alpha value is -4.29. The van der Waals surface area contributed by atoms with Crippen LogP contribution in [0.15, 0.2) is 71.8 Å². The number of hydrogen-bond acceptors (Lipinski definition) is 8. The molecule has 13 heteroatoms. The standard InChI is InChI=1S/C25H23ClN4O7S/c1-37-22(31)15-29-25(34)21-11-6-18(14-28-21)24(33)30-38(35,36)20-9-4-17(5-10-20)23(32)27-13-12-16-2-7-19(26)8-3-16/h2-11,14H,12-13,15H2,1H3,(H,27,32)(H,29,34)(H,30,33). The van der Waals surface area contributed by atoms with E-state index < -0.39 is 27.8 Å². The molecule has 3 rings (SSSR count). The second-order valence-corrected chi connectivity index (χ2v) is 9.90. The molecule has 0 spiro atoms. The third-order valence-electron chi connectivity index (χ3n) is 5.15. The van der Waals surface area contributed by atoms with E-state index in [0.717, 1.165) is 11.8 Å². The number of aromatic nitrogens is 1. The molecule has 198 valence electrons. The van der Waals surface area contributed by atoms with Gasteiger partial charge in [0.15, 0.2) is 0 Å². The molecule has 2 aromatic carbocycles. The first kappa shape index (κ1) is 28.3. The molecule has 0 saturated heterocycles. The summed E-state index contributed by atoms with van der Waals surface area (Å²) in [5, 5.41) is 5.66. The highest BCUT2D eigenvalue weighted by Gasteiger charge is 2.20. The smallest absolute Gasteiger partial charge is 0.325 e. The number of pyridine rings is 1. The first-order chi connectivity index (χ1) is 18.1.